The molecule has 2 N–H and O–H groups in total. The number of hydrogen-bond donors (Lipinski definition) is 2. The highest BCUT2D eigenvalue weighted by atomic mass is 16.5. The zero-order valence-electron chi connectivity index (χ0n) is 34.8. The molecule has 2 amide bonds. The predicted molar refractivity (Wildman–Crippen MR) is 223 cm³/mol. The molecule has 0 bridgehead atoms. The average molecular weight is 727 g/mol. The molecule has 0 unspecified atom stereocenters. The fourth-order valence-corrected chi connectivity index (χ4v) is 6.93. The van der Waals surface area contributed by atoms with Crippen molar-refractivity contribution in [3.8, 4) is 0 Å². The van der Waals surface area contributed by atoms with Crippen LogP contribution in [-0.2, 0) is 14.3 Å². The van der Waals surface area contributed by atoms with Crippen molar-refractivity contribution >= 4 is 29.2 Å². The maximum absolute atomic E-state index is 13.2. The molecule has 0 spiro atoms. The SMILES string of the molecule is CCCCCCCCCCCCCCCC(=O)Nc1cc(C(=O)O[C@H](C)CCCC)cc(NC(=O)CCCCCCCCCCCCCCC)c1C. The third-order valence-corrected chi connectivity index (χ3v) is 10.5. The van der Waals surface area contributed by atoms with Crippen LogP contribution in [0, 0.1) is 6.92 Å². The summed E-state index contributed by atoms with van der Waals surface area (Å²) < 4.78 is 5.74. The molecule has 6 heteroatoms. The highest BCUT2D eigenvalue weighted by Crippen LogP contribution is 2.28. The van der Waals surface area contributed by atoms with Gasteiger partial charge in [-0.05, 0) is 50.8 Å². The smallest absolute Gasteiger partial charge is 0.338 e. The van der Waals surface area contributed by atoms with Gasteiger partial charge in [0.25, 0.3) is 0 Å². The van der Waals surface area contributed by atoms with E-state index in [2.05, 4.69) is 31.4 Å². The molecule has 1 rings (SSSR count). The van der Waals surface area contributed by atoms with Crippen molar-refractivity contribution in [2.75, 3.05) is 10.6 Å². The minimum atomic E-state index is -0.428. The number of nitrogens with one attached hydrogen (secondary N) is 2. The van der Waals surface area contributed by atoms with E-state index in [0.717, 1.165) is 63.4 Å². The highest BCUT2D eigenvalue weighted by Gasteiger charge is 2.18. The molecular weight excluding hydrogens is 645 g/mol. The standard InChI is InChI=1S/C46H82N2O4/c1-6-9-12-14-16-18-20-22-24-26-28-30-32-35-44(49)47-42-37-41(46(51)52-39(4)34-11-8-3)38-43(40(42)5)48-45(50)36-33-31-29-27-25-23-21-19-17-15-13-10-7-2/h37-39H,6-36H2,1-5H3,(H,47,49)(H,48,50)/t39-/m1/s1. The molecule has 1 atom stereocenters. The van der Waals surface area contributed by atoms with Crippen molar-refractivity contribution in [3.63, 3.8) is 0 Å². The van der Waals surface area contributed by atoms with Crippen LogP contribution >= 0.6 is 0 Å². The van der Waals surface area contributed by atoms with Gasteiger partial charge in [0, 0.05) is 24.2 Å². The Labute approximate surface area is 321 Å². The average Bonchev–Trinajstić information content (AvgIpc) is 3.12. The summed E-state index contributed by atoms with van der Waals surface area (Å²) in [6.45, 7) is 10.5. The molecule has 0 fully saturated rings. The monoisotopic (exact) mass is 727 g/mol. The fraction of sp³-hybridized carbons (Fsp3) is 0.804. The number of carbonyl (C=O) groups is 3. The van der Waals surface area contributed by atoms with E-state index in [1.807, 2.05) is 13.8 Å². The number of amides is 2. The van der Waals surface area contributed by atoms with Crippen LogP contribution in [0.5, 0.6) is 0 Å². The summed E-state index contributed by atoms with van der Waals surface area (Å²) in [6, 6.07) is 3.40. The second kappa shape index (κ2) is 33.2. The van der Waals surface area contributed by atoms with Crippen molar-refractivity contribution in [1.29, 1.82) is 0 Å². The molecule has 300 valence electrons. The largest absolute Gasteiger partial charge is 0.459 e. The summed E-state index contributed by atoms with van der Waals surface area (Å²) in [5.74, 6) is -0.544. The van der Waals surface area contributed by atoms with E-state index in [-0.39, 0.29) is 17.9 Å². The first kappa shape index (κ1) is 47.7. The van der Waals surface area contributed by atoms with Crippen molar-refractivity contribution < 1.29 is 19.1 Å². The van der Waals surface area contributed by atoms with Crippen LogP contribution in [-0.4, -0.2) is 23.9 Å². The van der Waals surface area contributed by atoms with Crippen molar-refractivity contribution in [2.45, 2.75) is 240 Å². The van der Waals surface area contributed by atoms with Gasteiger partial charge in [-0.2, -0.15) is 0 Å². The first-order chi connectivity index (χ1) is 25.3. The second-order valence-corrected chi connectivity index (χ2v) is 15.6. The number of rotatable bonds is 35. The first-order valence-electron chi connectivity index (χ1n) is 22.3. The minimum absolute atomic E-state index is 0.0581. The Morgan fingerprint density at radius 1 is 0.500 bits per heavy atom. The summed E-state index contributed by atoms with van der Waals surface area (Å²) in [7, 11) is 0. The topological polar surface area (TPSA) is 84.5 Å². The molecule has 0 radical (unpaired) electrons. The van der Waals surface area contributed by atoms with Crippen molar-refractivity contribution in [3.05, 3.63) is 23.3 Å². The van der Waals surface area contributed by atoms with E-state index in [1.54, 1.807) is 12.1 Å². The van der Waals surface area contributed by atoms with Gasteiger partial charge in [0.15, 0.2) is 0 Å². The normalized spacial score (nSPS) is 11.8. The van der Waals surface area contributed by atoms with Crippen molar-refractivity contribution in [1.82, 2.24) is 0 Å². The Hall–Kier alpha value is -2.37. The molecule has 0 aromatic heterocycles. The van der Waals surface area contributed by atoms with Gasteiger partial charge in [-0.1, -0.05) is 188 Å². The van der Waals surface area contributed by atoms with Gasteiger partial charge in [-0.25, -0.2) is 4.79 Å². The van der Waals surface area contributed by atoms with Crippen LogP contribution in [0.2, 0.25) is 0 Å². The maximum Gasteiger partial charge on any atom is 0.338 e. The van der Waals surface area contributed by atoms with Gasteiger partial charge in [0.1, 0.15) is 0 Å². The molecule has 0 saturated heterocycles. The van der Waals surface area contributed by atoms with E-state index in [4.69, 9.17) is 4.74 Å². The van der Waals surface area contributed by atoms with Crippen LogP contribution in [0.4, 0.5) is 11.4 Å². The lowest BCUT2D eigenvalue weighted by molar-refractivity contribution is -0.117. The van der Waals surface area contributed by atoms with E-state index in [9.17, 15) is 14.4 Å². The van der Waals surface area contributed by atoms with E-state index in [1.165, 1.54) is 128 Å². The van der Waals surface area contributed by atoms with Crippen LogP contribution in [0.25, 0.3) is 0 Å². The van der Waals surface area contributed by atoms with Gasteiger partial charge in [0.05, 0.1) is 11.7 Å². The minimum Gasteiger partial charge on any atom is -0.459 e. The van der Waals surface area contributed by atoms with Crippen molar-refractivity contribution in [2.24, 2.45) is 0 Å². The van der Waals surface area contributed by atoms with E-state index < -0.39 is 5.97 Å². The molecule has 0 heterocycles. The lowest BCUT2D eigenvalue weighted by atomic mass is 10.0. The van der Waals surface area contributed by atoms with Crippen LogP contribution in [0.1, 0.15) is 243 Å². The second-order valence-electron chi connectivity index (χ2n) is 15.6. The Morgan fingerprint density at radius 3 is 1.13 bits per heavy atom. The molecule has 52 heavy (non-hydrogen) atoms. The van der Waals surface area contributed by atoms with E-state index >= 15 is 0 Å². The molecule has 0 saturated carbocycles. The fourth-order valence-electron chi connectivity index (χ4n) is 6.93. The Bertz CT molecular complexity index is 990. The third-order valence-electron chi connectivity index (χ3n) is 10.5. The van der Waals surface area contributed by atoms with Gasteiger partial charge < -0.3 is 15.4 Å². The third kappa shape index (κ3) is 25.6. The molecule has 0 aliphatic rings. The number of carbonyl (C=O) groups excluding carboxylic acids is 3. The lowest BCUT2D eigenvalue weighted by Crippen LogP contribution is -2.19. The van der Waals surface area contributed by atoms with Gasteiger partial charge in [0.2, 0.25) is 11.8 Å². The maximum atomic E-state index is 13.2. The summed E-state index contributed by atoms with van der Waals surface area (Å²) in [6.07, 6.45) is 36.4. The molecular formula is C46H82N2O4. The molecule has 0 aliphatic carbocycles. The zero-order valence-corrected chi connectivity index (χ0v) is 34.8. The number of hydrogen-bond acceptors (Lipinski definition) is 4. The Kier molecular flexibility index (Phi) is 30.4. The highest BCUT2D eigenvalue weighted by molar-refractivity contribution is 6.00. The first-order valence-corrected chi connectivity index (χ1v) is 22.3. The van der Waals surface area contributed by atoms with Crippen LogP contribution < -0.4 is 10.6 Å². The molecule has 0 aliphatic heterocycles. The number of ether oxygens (including phenoxy) is 1. The quantitative estimate of drug-likeness (QED) is 0.0539. The van der Waals surface area contributed by atoms with Crippen LogP contribution in [0.15, 0.2) is 12.1 Å². The number of benzene rings is 1. The molecule has 1 aromatic rings. The number of unbranched alkanes of at least 4 members (excludes halogenated alkanes) is 25. The summed E-state index contributed by atoms with van der Waals surface area (Å²) >= 11 is 0. The number of esters is 1. The van der Waals surface area contributed by atoms with E-state index in [0.29, 0.717) is 29.8 Å². The summed E-state index contributed by atoms with van der Waals surface area (Å²) in [5.41, 5.74) is 2.23. The zero-order chi connectivity index (χ0) is 38.1. The lowest BCUT2D eigenvalue weighted by Gasteiger charge is -2.18. The van der Waals surface area contributed by atoms with Crippen LogP contribution in [0.3, 0.4) is 0 Å². The number of anilines is 2. The summed E-state index contributed by atoms with van der Waals surface area (Å²) in [4.78, 5) is 39.2. The summed E-state index contributed by atoms with van der Waals surface area (Å²) in [5, 5.41) is 6.10. The predicted octanol–water partition coefficient (Wildman–Crippen LogP) is 14.6. The Balaban J connectivity index is 2.55. The molecule has 1 aromatic carbocycles. The molecule has 6 nitrogen and oxygen atoms in total. The van der Waals surface area contributed by atoms with Gasteiger partial charge in [-0.3, -0.25) is 9.59 Å². The Morgan fingerprint density at radius 2 is 0.808 bits per heavy atom. The van der Waals surface area contributed by atoms with Gasteiger partial charge in [-0.15, -0.1) is 0 Å². The van der Waals surface area contributed by atoms with Gasteiger partial charge >= 0.3 is 5.97 Å².